The molecule has 1 aromatic heterocycles. The van der Waals surface area contributed by atoms with E-state index in [4.69, 9.17) is 22.1 Å². The number of amides is 1. The Bertz CT molecular complexity index is 446. The Morgan fingerprint density at radius 2 is 2.33 bits per heavy atom. The van der Waals surface area contributed by atoms with Gasteiger partial charge in [-0.15, -0.1) is 0 Å². The van der Waals surface area contributed by atoms with Gasteiger partial charge in [0.05, 0.1) is 12.1 Å². The predicted octanol–water partition coefficient (Wildman–Crippen LogP) is 1.57. The van der Waals surface area contributed by atoms with Crippen molar-refractivity contribution in [2.24, 2.45) is 0 Å². The van der Waals surface area contributed by atoms with Gasteiger partial charge in [-0.05, 0) is 25.5 Å². The second-order valence-corrected chi connectivity index (χ2v) is 4.84. The van der Waals surface area contributed by atoms with Crippen LogP contribution in [0.1, 0.15) is 23.7 Å². The smallest absolute Gasteiger partial charge is 0.254 e. The molecule has 0 aliphatic carbocycles. The molecule has 0 aromatic carbocycles. The van der Waals surface area contributed by atoms with Crippen molar-refractivity contribution in [2.75, 3.05) is 19.4 Å². The lowest BCUT2D eigenvalue weighted by atomic mass is 10.1. The Kier molecular flexibility index (Phi) is 3.73. The fourth-order valence-electron chi connectivity index (χ4n) is 2.22. The van der Waals surface area contributed by atoms with Crippen LogP contribution in [0.25, 0.3) is 0 Å². The Hall–Kier alpha value is -1.33. The van der Waals surface area contributed by atoms with Crippen LogP contribution in [-0.4, -0.2) is 41.6 Å². The molecule has 1 fully saturated rings. The van der Waals surface area contributed by atoms with E-state index in [1.807, 2.05) is 6.92 Å². The molecule has 1 aliphatic heterocycles. The highest BCUT2D eigenvalue weighted by Crippen LogP contribution is 2.21. The van der Waals surface area contributed by atoms with Crippen LogP contribution in [0.5, 0.6) is 0 Å². The van der Waals surface area contributed by atoms with E-state index < -0.39 is 0 Å². The fraction of sp³-hybridized carbons (Fsp3) is 0.500. The number of hydrogen-bond acceptors (Lipinski definition) is 4. The van der Waals surface area contributed by atoms with Crippen LogP contribution in [0.15, 0.2) is 12.1 Å². The minimum Gasteiger partial charge on any atom is -0.384 e. The standard InChI is InChI=1S/C12H16ClN3O2/c1-7-9(3-4-18-7)16(2)12(17)8-5-10(13)15-11(14)6-8/h5-7,9H,3-4H2,1-2H3,(H2,14,15). The van der Waals surface area contributed by atoms with E-state index in [-0.39, 0.29) is 29.0 Å². The van der Waals surface area contributed by atoms with Gasteiger partial charge in [-0.2, -0.15) is 0 Å². The summed E-state index contributed by atoms with van der Waals surface area (Å²) in [7, 11) is 1.77. The minimum atomic E-state index is -0.117. The van der Waals surface area contributed by atoms with Crippen LogP contribution < -0.4 is 5.73 Å². The predicted molar refractivity (Wildman–Crippen MR) is 69.6 cm³/mol. The quantitative estimate of drug-likeness (QED) is 0.828. The van der Waals surface area contributed by atoms with Crippen molar-refractivity contribution in [3.63, 3.8) is 0 Å². The molecule has 0 spiro atoms. The average Bonchev–Trinajstić information content (AvgIpc) is 2.72. The molecule has 1 aliphatic rings. The molecule has 6 heteroatoms. The van der Waals surface area contributed by atoms with E-state index >= 15 is 0 Å². The molecule has 2 heterocycles. The highest BCUT2D eigenvalue weighted by molar-refractivity contribution is 6.29. The van der Waals surface area contributed by atoms with Crippen molar-refractivity contribution >= 4 is 23.3 Å². The van der Waals surface area contributed by atoms with Gasteiger partial charge in [0.25, 0.3) is 5.91 Å². The first-order valence-corrected chi connectivity index (χ1v) is 6.18. The highest BCUT2D eigenvalue weighted by Gasteiger charge is 2.31. The molecule has 2 N–H and O–H groups in total. The number of likely N-dealkylation sites (N-methyl/N-ethyl adjacent to an activating group) is 1. The zero-order valence-corrected chi connectivity index (χ0v) is 11.1. The molecule has 98 valence electrons. The summed E-state index contributed by atoms with van der Waals surface area (Å²) in [5.74, 6) is 0.128. The normalized spacial score (nSPS) is 23.1. The van der Waals surface area contributed by atoms with Gasteiger partial charge in [0.15, 0.2) is 0 Å². The average molecular weight is 270 g/mol. The van der Waals surface area contributed by atoms with Crippen LogP contribution in [0.3, 0.4) is 0 Å². The Morgan fingerprint density at radius 3 is 2.89 bits per heavy atom. The van der Waals surface area contributed by atoms with Crippen LogP contribution in [0.2, 0.25) is 5.15 Å². The first-order valence-electron chi connectivity index (χ1n) is 5.81. The van der Waals surface area contributed by atoms with Gasteiger partial charge in [-0.25, -0.2) is 4.98 Å². The first kappa shape index (κ1) is 13.1. The summed E-state index contributed by atoms with van der Waals surface area (Å²) in [6, 6.07) is 3.15. The van der Waals surface area contributed by atoms with Crippen molar-refractivity contribution in [3.05, 3.63) is 22.8 Å². The van der Waals surface area contributed by atoms with Crippen molar-refractivity contribution in [2.45, 2.75) is 25.5 Å². The maximum absolute atomic E-state index is 12.3. The number of carbonyl (C=O) groups is 1. The number of hydrogen-bond donors (Lipinski definition) is 1. The number of pyridine rings is 1. The second-order valence-electron chi connectivity index (χ2n) is 4.45. The molecule has 1 saturated heterocycles. The number of nitrogens with zero attached hydrogens (tertiary/aromatic N) is 2. The topological polar surface area (TPSA) is 68.5 Å². The van der Waals surface area contributed by atoms with Gasteiger partial charge in [0, 0.05) is 19.2 Å². The summed E-state index contributed by atoms with van der Waals surface area (Å²) in [4.78, 5) is 17.8. The third-order valence-electron chi connectivity index (χ3n) is 3.21. The van der Waals surface area contributed by atoms with Crippen molar-refractivity contribution in [1.29, 1.82) is 0 Å². The zero-order chi connectivity index (χ0) is 13.3. The van der Waals surface area contributed by atoms with E-state index in [1.165, 1.54) is 12.1 Å². The van der Waals surface area contributed by atoms with E-state index in [1.54, 1.807) is 11.9 Å². The van der Waals surface area contributed by atoms with Gasteiger partial charge >= 0.3 is 0 Å². The monoisotopic (exact) mass is 269 g/mol. The molecule has 2 unspecified atom stereocenters. The molecular weight excluding hydrogens is 254 g/mol. The third kappa shape index (κ3) is 2.57. The molecule has 1 amide bonds. The van der Waals surface area contributed by atoms with Gasteiger partial charge in [0.2, 0.25) is 0 Å². The number of aromatic nitrogens is 1. The van der Waals surface area contributed by atoms with Gasteiger partial charge in [-0.1, -0.05) is 11.6 Å². The van der Waals surface area contributed by atoms with E-state index in [9.17, 15) is 4.79 Å². The van der Waals surface area contributed by atoms with E-state index in [0.717, 1.165) is 6.42 Å². The van der Waals surface area contributed by atoms with E-state index in [2.05, 4.69) is 4.98 Å². The number of halogens is 1. The third-order valence-corrected chi connectivity index (χ3v) is 3.41. The lowest BCUT2D eigenvalue weighted by Crippen LogP contribution is -2.41. The Labute approximate surface area is 111 Å². The van der Waals surface area contributed by atoms with Gasteiger partial charge in [0.1, 0.15) is 11.0 Å². The van der Waals surface area contributed by atoms with Gasteiger partial charge < -0.3 is 15.4 Å². The largest absolute Gasteiger partial charge is 0.384 e. The van der Waals surface area contributed by atoms with Crippen molar-refractivity contribution < 1.29 is 9.53 Å². The molecule has 1 aromatic rings. The molecule has 0 radical (unpaired) electrons. The van der Waals surface area contributed by atoms with E-state index in [0.29, 0.717) is 12.2 Å². The summed E-state index contributed by atoms with van der Waals surface area (Å²) in [5.41, 5.74) is 6.04. The molecule has 0 bridgehead atoms. The summed E-state index contributed by atoms with van der Waals surface area (Å²) in [6.07, 6.45) is 0.895. The van der Waals surface area contributed by atoms with Gasteiger partial charge in [-0.3, -0.25) is 4.79 Å². The Balaban J connectivity index is 2.19. The maximum Gasteiger partial charge on any atom is 0.254 e. The summed E-state index contributed by atoms with van der Waals surface area (Å²) in [6.45, 7) is 2.65. The maximum atomic E-state index is 12.3. The van der Waals surface area contributed by atoms with Crippen LogP contribution in [-0.2, 0) is 4.74 Å². The number of carbonyl (C=O) groups excluding carboxylic acids is 1. The molecule has 2 atom stereocenters. The lowest BCUT2D eigenvalue weighted by Gasteiger charge is -2.26. The zero-order valence-electron chi connectivity index (χ0n) is 10.4. The molecule has 2 rings (SSSR count). The number of rotatable bonds is 2. The number of anilines is 1. The number of nitrogen functional groups attached to an aromatic ring is 1. The summed E-state index contributed by atoms with van der Waals surface area (Å²) < 4.78 is 5.46. The number of nitrogens with two attached hydrogens (primary N) is 1. The van der Waals surface area contributed by atoms with Crippen LogP contribution >= 0.6 is 11.6 Å². The molecular formula is C12H16ClN3O2. The second kappa shape index (κ2) is 5.12. The molecule has 18 heavy (non-hydrogen) atoms. The number of ether oxygens (including phenoxy) is 1. The Morgan fingerprint density at radius 1 is 1.61 bits per heavy atom. The van der Waals surface area contributed by atoms with Crippen molar-refractivity contribution in [3.8, 4) is 0 Å². The molecule has 5 nitrogen and oxygen atoms in total. The highest BCUT2D eigenvalue weighted by atomic mass is 35.5. The summed E-state index contributed by atoms with van der Waals surface area (Å²) >= 11 is 5.80. The first-order chi connectivity index (χ1) is 8.49. The molecule has 0 saturated carbocycles. The van der Waals surface area contributed by atoms with Crippen molar-refractivity contribution in [1.82, 2.24) is 9.88 Å². The lowest BCUT2D eigenvalue weighted by molar-refractivity contribution is 0.0574. The van der Waals surface area contributed by atoms with Crippen LogP contribution in [0.4, 0.5) is 5.82 Å². The fourth-order valence-corrected chi connectivity index (χ4v) is 2.44. The SMILES string of the molecule is CC1OCCC1N(C)C(=O)c1cc(N)nc(Cl)c1. The minimum absolute atomic E-state index is 0.0496. The van der Waals surface area contributed by atoms with Crippen LogP contribution in [0, 0.1) is 0 Å². The summed E-state index contributed by atoms with van der Waals surface area (Å²) in [5, 5.41) is 0.225.